The van der Waals surface area contributed by atoms with E-state index in [0.717, 1.165) is 12.2 Å². The van der Waals surface area contributed by atoms with Crippen molar-refractivity contribution in [2.75, 3.05) is 0 Å². The molecule has 0 radical (unpaired) electrons. The van der Waals surface area contributed by atoms with E-state index in [0.29, 0.717) is 5.16 Å². The smallest absolute Gasteiger partial charge is 0.344 e. The van der Waals surface area contributed by atoms with Gasteiger partial charge in [-0.2, -0.15) is 0 Å². The maximum Gasteiger partial charge on any atom is 0.344 e. The van der Waals surface area contributed by atoms with E-state index >= 15 is 0 Å². The Morgan fingerprint density at radius 1 is 1.55 bits per heavy atom. The van der Waals surface area contributed by atoms with Crippen molar-refractivity contribution in [3.63, 3.8) is 0 Å². The fourth-order valence-corrected chi connectivity index (χ4v) is 3.32. The molecule has 0 spiro atoms. The molecule has 0 saturated heterocycles. The first kappa shape index (κ1) is 14.9. The predicted molar refractivity (Wildman–Crippen MR) is 78.8 cm³/mol. The van der Waals surface area contributed by atoms with Crippen LogP contribution in [0.5, 0.6) is 0 Å². The summed E-state index contributed by atoms with van der Waals surface area (Å²) in [6.45, 7) is 5.92. The lowest BCUT2D eigenvalue weighted by molar-refractivity contribution is 0.471. The first-order valence-corrected chi connectivity index (χ1v) is 7.55. The Kier molecular flexibility index (Phi) is 4.72. The Morgan fingerprint density at radius 2 is 2.30 bits per heavy atom. The van der Waals surface area contributed by atoms with Crippen LogP contribution in [0.1, 0.15) is 44.2 Å². The van der Waals surface area contributed by atoms with Crippen molar-refractivity contribution in [3.8, 4) is 0 Å². The topological polar surface area (TPSA) is 89.8 Å². The fraction of sp³-hybridized carbons (Fsp3) is 0.538. The molecule has 0 saturated carbocycles. The number of hydrogen-bond acceptors (Lipinski definition) is 5. The van der Waals surface area contributed by atoms with Crippen LogP contribution in [0.2, 0.25) is 0 Å². The number of nitrogens with one attached hydrogen (secondary N) is 1. The highest BCUT2D eigenvalue weighted by Gasteiger charge is 2.26. The van der Waals surface area contributed by atoms with Gasteiger partial charge in [0.05, 0.1) is 11.5 Å². The van der Waals surface area contributed by atoms with Crippen molar-refractivity contribution in [3.05, 3.63) is 34.6 Å². The van der Waals surface area contributed by atoms with E-state index in [1.807, 2.05) is 32.9 Å². The summed E-state index contributed by atoms with van der Waals surface area (Å²) >= 11 is 1.46. The van der Waals surface area contributed by atoms with Gasteiger partial charge in [0.15, 0.2) is 5.16 Å². The van der Waals surface area contributed by atoms with E-state index in [1.54, 1.807) is 10.8 Å². The Labute approximate surface area is 121 Å². The quantitative estimate of drug-likeness (QED) is 0.798. The monoisotopic (exact) mass is 296 g/mol. The van der Waals surface area contributed by atoms with Crippen molar-refractivity contribution < 1.29 is 4.42 Å². The Hall–Kier alpha value is -1.47. The number of H-pyrrole nitrogens is 1. The van der Waals surface area contributed by atoms with Crippen molar-refractivity contribution in [2.24, 2.45) is 5.73 Å². The molecule has 2 aromatic rings. The van der Waals surface area contributed by atoms with Gasteiger partial charge in [-0.1, -0.05) is 18.7 Å². The van der Waals surface area contributed by atoms with Gasteiger partial charge >= 0.3 is 5.69 Å². The zero-order valence-corrected chi connectivity index (χ0v) is 12.7. The number of hydrogen-bond donors (Lipinski definition) is 2. The Morgan fingerprint density at radius 3 is 2.85 bits per heavy atom. The molecule has 0 fully saturated rings. The van der Waals surface area contributed by atoms with Gasteiger partial charge in [-0.05, 0) is 32.4 Å². The zero-order chi connectivity index (χ0) is 14.7. The number of nitrogens with two attached hydrogens (primary N) is 1. The number of aromatic amines is 1. The average Bonchev–Trinajstić information content (AvgIpc) is 3.04. The Balaban J connectivity index is 2.31. The van der Waals surface area contributed by atoms with E-state index < -0.39 is 0 Å². The maximum absolute atomic E-state index is 11.8. The van der Waals surface area contributed by atoms with E-state index in [-0.39, 0.29) is 23.0 Å². The summed E-state index contributed by atoms with van der Waals surface area (Å²) in [6.07, 6.45) is 2.44. The summed E-state index contributed by atoms with van der Waals surface area (Å²) in [5.74, 6) is 0.801. The van der Waals surface area contributed by atoms with Gasteiger partial charge in [0.2, 0.25) is 0 Å². The van der Waals surface area contributed by atoms with Crippen LogP contribution < -0.4 is 11.4 Å². The molecule has 2 aromatic heterocycles. The molecule has 7 heteroatoms. The molecule has 110 valence electrons. The lowest BCUT2D eigenvalue weighted by Gasteiger charge is -2.20. The summed E-state index contributed by atoms with van der Waals surface area (Å²) in [5.41, 5.74) is 5.98. The molecule has 3 N–H and O–H groups in total. The average molecular weight is 296 g/mol. The van der Waals surface area contributed by atoms with E-state index in [1.165, 1.54) is 11.8 Å². The molecule has 0 aliphatic rings. The largest absolute Gasteiger partial charge is 0.468 e. The summed E-state index contributed by atoms with van der Waals surface area (Å²) < 4.78 is 7.10. The highest BCUT2D eigenvalue weighted by atomic mass is 32.2. The number of furan rings is 1. The lowest BCUT2D eigenvalue weighted by atomic mass is 10.1. The standard InChI is InChI=1S/C13H20N4O2S/c1-4-9(14)11(10-6-5-7-19-10)20-13-16-15-12(18)17(13)8(2)3/h5-9,11H,4,14H2,1-3H3,(H,15,18). The number of aromatic nitrogens is 3. The van der Waals surface area contributed by atoms with E-state index in [2.05, 4.69) is 10.2 Å². The van der Waals surface area contributed by atoms with Gasteiger partial charge < -0.3 is 10.2 Å². The van der Waals surface area contributed by atoms with Crippen LogP contribution in [0.3, 0.4) is 0 Å². The minimum absolute atomic E-state index is 0.0406. The van der Waals surface area contributed by atoms with Gasteiger partial charge in [0.25, 0.3) is 0 Å². The van der Waals surface area contributed by atoms with Crippen LogP contribution in [0.4, 0.5) is 0 Å². The van der Waals surface area contributed by atoms with Crippen LogP contribution in [-0.2, 0) is 0 Å². The first-order chi connectivity index (χ1) is 9.54. The SMILES string of the molecule is CCC(N)C(Sc1n[nH]c(=O)n1C(C)C)c1ccco1. The molecule has 2 rings (SSSR count). The minimum atomic E-state index is -0.203. The van der Waals surface area contributed by atoms with Crippen molar-refractivity contribution >= 4 is 11.8 Å². The van der Waals surface area contributed by atoms with Crippen molar-refractivity contribution in [2.45, 2.75) is 49.7 Å². The fourth-order valence-electron chi connectivity index (χ4n) is 1.97. The molecule has 2 atom stereocenters. The molecule has 20 heavy (non-hydrogen) atoms. The maximum atomic E-state index is 11.8. The van der Waals surface area contributed by atoms with Crippen LogP contribution in [0.15, 0.2) is 32.8 Å². The summed E-state index contributed by atoms with van der Waals surface area (Å²) in [4.78, 5) is 11.8. The molecular formula is C13H20N4O2S. The molecule has 0 aliphatic heterocycles. The van der Waals surface area contributed by atoms with Crippen LogP contribution >= 0.6 is 11.8 Å². The molecule has 6 nitrogen and oxygen atoms in total. The van der Waals surface area contributed by atoms with Gasteiger partial charge in [0.1, 0.15) is 5.76 Å². The lowest BCUT2D eigenvalue weighted by Crippen LogP contribution is -2.26. The molecule has 2 heterocycles. The van der Waals surface area contributed by atoms with Gasteiger partial charge in [0, 0.05) is 12.1 Å². The number of nitrogens with zero attached hydrogens (tertiary/aromatic N) is 2. The highest BCUT2D eigenvalue weighted by Crippen LogP contribution is 2.37. The normalized spacial score (nSPS) is 14.7. The second kappa shape index (κ2) is 6.32. The van der Waals surface area contributed by atoms with Gasteiger partial charge in [-0.15, -0.1) is 5.10 Å². The number of rotatable bonds is 6. The van der Waals surface area contributed by atoms with Crippen LogP contribution in [0, 0.1) is 0 Å². The second-order valence-electron chi connectivity index (χ2n) is 4.90. The van der Waals surface area contributed by atoms with Crippen molar-refractivity contribution in [1.82, 2.24) is 14.8 Å². The molecule has 0 aliphatic carbocycles. The van der Waals surface area contributed by atoms with Crippen LogP contribution in [-0.4, -0.2) is 20.8 Å². The third-order valence-electron chi connectivity index (χ3n) is 3.10. The minimum Gasteiger partial charge on any atom is -0.468 e. The highest BCUT2D eigenvalue weighted by molar-refractivity contribution is 7.99. The molecule has 0 aromatic carbocycles. The Bertz CT molecular complexity index is 588. The van der Waals surface area contributed by atoms with Gasteiger partial charge in [-0.3, -0.25) is 4.57 Å². The molecule has 0 amide bonds. The molecule has 0 bridgehead atoms. The summed E-state index contributed by atoms with van der Waals surface area (Å²) in [7, 11) is 0. The third-order valence-corrected chi connectivity index (χ3v) is 4.44. The van der Waals surface area contributed by atoms with E-state index in [9.17, 15) is 4.79 Å². The molecular weight excluding hydrogens is 276 g/mol. The zero-order valence-electron chi connectivity index (χ0n) is 11.9. The summed E-state index contributed by atoms with van der Waals surface area (Å²) in [6, 6.07) is 3.71. The predicted octanol–water partition coefficient (Wildman–Crippen LogP) is 2.32. The molecule has 2 unspecified atom stereocenters. The van der Waals surface area contributed by atoms with E-state index in [4.69, 9.17) is 10.2 Å². The van der Waals surface area contributed by atoms with Gasteiger partial charge in [-0.25, -0.2) is 9.89 Å². The first-order valence-electron chi connectivity index (χ1n) is 6.67. The summed E-state index contributed by atoms with van der Waals surface area (Å²) in [5, 5.41) is 7.15. The van der Waals surface area contributed by atoms with Crippen molar-refractivity contribution in [1.29, 1.82) is 0 Å². The number of thioether (sulfide) groups is 1. The van der Waals surface area contributed by atoms with Crippen LogP contribution in [0.25, 0.3) is 0 Å². The third kappa shape index (κ3) is 2.99. The second-order valence-corrected chi connectivity index (χ2v) is 6.01.